The number of rotatable bonds is 2. The van der Waals surface area contributed by atoms with Crippen molar-refractivity contribution < 1.29 is 0 Å². The van der Waals surface area contributed by atoms with Gasteiger partial charge in [0, 0.05) is 18.1 Å². The third kappa shape index (κ3) is 1.20. The van der Waals surface area contributed by atoms with Gasteiger partial charge >= 0.3 is 0 Å². The van der Waals surface area contributed by atoms with Crippen molar-refractivity contribution in [1.82, 2.24) is 4.90 Å². The standard InChI is InChI=1S/C9H19N/c1-7(2)9(4,5)10-6-8(10)3/h7-8H,6H2,1-5H3. The molecule has 1 aliphatic heterocycles. The highest BCUT2D eigenvalue weighted by Crippen LogP contribution is 2.33. The van der Waals surface area contributed by atoms with Gasteiger partial charge < -0.3 is 0 Å². The molecule has 1 heteroatoms. The van der Waals surface area contributed by atoms with Crippen molar-refractivity contribution in [1.29, 1.82) is 0 Å². The summed E-state index contributed by atoms with van der Waals surface area (Å²) in [7, 11) is 0. The van der Waals surface area contributed by atoms with E-state index >= 15 is 0 Å². The second kappa shape index (κ2) is 2.23. The Hall–Kier alpha value is -0.0400. The van der Waals surface area contributed by atoms with Gasteiger partial charge in [-0.1, -0.05) is 13.8 Å². The van der Waals surface area contributed by atoms with E-state index < -0.39 is 0 Å². The first-order valence-electron chi connectivity index (χ1n) is 4.23. The molecule has 0 spiro atoms. The van der Waals surface area contributed by atoms with Crippen LogP contribution < -0.4 is 0 Å². The van der Waals surface area contributed by atoms with Crippen LogP contribution in [0, 0.1) is 5.92 Å². The van der Waals surface area contributed by atoms with Gasteiger partial charge in [0.25, 0.3) is 0 Å². The average molecular weight is 141 g/mol. The van der Waals surface area contributed by atoms with Crippen LogP contribution in [0.1, 0.15) is 34.6 Å². The van der Waals surface area contributed by atoms with Gasteiger partial charge in [0.1, 0.15) is 0 Å². The molecule has 10 heavy (non-hydrogen) atoms. The Bertz CT molecular complexity index is 127. The van der Waals surface area contributed by atoms with Crippen molar-refractivity contribution in [2.75, 3.05) is 6.54 Å². The second-order valence-corrected chi connectivity index (χ2v) is 4.31. The molecule has 60 valence electrons. The Kier molecular flexibility index (Phi) is 1.80. The maximum atomic E-state index is 2.55. The fraction of sp³-hybridized carbons (Fsp3) is 1.00. The quantitative estimate of drug-likeness (QED) is 0.532. The molecular weight excluding hydrogens is 122 g/mol. The van der Waals surface area contributed by atoms with E-state index in [9.17, 15) is 0 Å². The van der Waals surface area contributed by atoms with Gasteiger partial charge in [0.05, 0.1) is 0 Å². The molecule has 1 rings (SSSR count). The first-order valence-corrected chi connectivity index (χ1v) is 4.23. The normalized spacial score (nSPS) is 33.0. The largest absolute Gasteiger partial charge is 0.292 e. The Balaban J connectivity index is 2.52. The maximum Gasteiger partial charge on any atom is 0.0201 e. The molecule has 2 atom stereocenters. The third-order valence-corrected chi connectivity index (χ3v) is 3.01. The number of nitrogens with zero attached hydrogens (tertiary/aromatic N) is 1. The predicted octanol–water partition coefficient (Wildman–Crippen LogP) is 2.13. The fourth-order valence-electron chi connectivity index (χ4n) is 1.37. The van der Waals surface area contributed by atoms with Crippen molar-refractivity contribution in [2.24, 2.45) is 5.92 Å². The molecule has 0 aromatic rings. The lowest BCUT2D eigenvalue weighted by Gasteiger charge is -2.31. The summed E-state index contributed by atoms with van der Waals surface area (Å²) in [6, 6.07) is 0.831. The summed E-state index contributed by atoms with van der Waals surface area (Å²) in [5.74, 6) is 0.762. The molecule has 1 nitrogen and oxygen atoms in total. The smallest absolute Gasteiger partial charge is 0.0201 e. The van der Waals surface area contributed by atoms with Crippen molar-refractivity contribution in [3.05, 3.63) is 0 Å². The SMILES string of the molecule is CC1CN1C(C)(C)C(C)C. The van der Waals surface area contributed by atoms with Crippen LogP contribution in [0.15, 0.2) is 0 Å². The van der Waals surface area contributed by atoms with Crippen LogP contribution >= 0.6 is 0 Å². The van der Waals surface area contributed by atoms with E-state index in [1.54, 1.807) is 0 Å². The van der Waals surface area contributed by atoms with Crippen molar-refractivity contribution in [2.45, 2.75) is 46.2 Å². The number of hydrogen-bond acceptors (Lipinski definition) is 1. The molecule has 1 saturated heterocycles. The Labute approximate surface area is 64.4 Å². The molecule has 0 amide bonds. The summed E-state index contributed by atoms with van der Waals surface area (Å²) in [6.45, 7) is 12.9. The minimum absolute atomic E-state index is 0.416. The van der Waals surface area contributed by atoms with Crippen LogP contribution in [0.2, 0.25) is 0 Å². The third-order valence-electron chi connectivity index (χ3n) is 3.01. The summed E-state index contributed by atoms with van der Waals surface area (Å²) in [4.78, 5) is 2.55. The van der Waals surface area contributed by atoms with E-state index in [4.69, 9.17) is 0 Å². The minimum Gasteiger partial charge on any atom is -0.292 e. The molecule has 2 unspecified atom stereocenters. The van der Waals surface area contributed by atoms with Gasteiger partial charge in [0.15, 0.2) is 0 Å². The van der Waals surface area contributed by atoms with E-state index in [1.807, 2.05) is 0 Å². The molecule has 0 N–H and O–H groups in total. The lowest BCUT2D eigenvalue weighted by Crippen LogP contribution is -2.37. The first-order chi connectivity index (χ1) is 4.46. The lowest BCUT2D eigenvalue weighted by atomic mass is 9.90. The van der Waals surface area contributed by atoms with Crippen LogP contribution in [-0.2, 0) is 0 Å². The zero-order valence-electron chi connectivity index (χ0n) is 7.81. The number of hydrogen-bond donors (Lipinski definition) is 0. The van der Waals surface area contributed by atoms with Crippen LogP contribution in [0.3, 0.4) is 0 Å². The van der Waals surface area contributed by atoms with Crippen molar-refractivity contribution in [3.8, 4) is 0 Å². The molecule has 1 fully saturated rings. The molecule has 0 aromatic heterocycles. The predicted molar refractivity (Wildman–Crippen MR) is 45.1 cm³/mol. The van der Waals surface area contributed by atoms with E-state index in [2.05, 4.69) is 39.5 Å². The lowest BCUT2D eigenvalue weighted by molar-refractivity contribution is 0.189. The van der Waals surface area contributed by atoms with E-state index in [0.717, 1.165) is 12.0 Å². The van der Waals surface area contributed by atoms with Crippen LogP contribution in [0.25, 0.3) is 0 Å². The van der Waals surface area contributed by atoms with E-state index in [-0.39, 0.29) is 0 Å². The van der Waals surface area contributed by atoms with Gasteiger partial charge in [-0.15, -0.1) is 0 Å². The van der Waals surface area contributed by atoms with Crippen LogP contribution in [0.4, 0.5) is 0 Å². The van der Waals surface area contributed by atoms with E-state index in [0.29, 0.717) is 5.54 Å². The zero-order chi connectivity index (χ0) is 7.94. The van der Waals surface area contributed by atoms with Crippen molar-refractivity contribution in [3.63, 3.8) is 0 Å². The summed E-state index contributed by atoms with van der Waals surface area (Å²) >= 11 is 0. The zero-order valence-corrected chi connectivity index (χ0v) is 7.81. The highest BCUT2D eigenvalue weighted by molar-refractivity contribution is 4.98. The Morgan fingerprint density at radius 1 is 1.40 bits per heavy atom. The Morgan fingerprint density at radius 2 is 1.80 bits per heavy atom. The Morgan fingerprint density at radius 3 is 1.90 bits per heavy atom. The van der Waals surface area contributed by atoms with Gasteiger partial charge in [-0.3, -0.25) is 4.90 Å². The highest BCUT2D eigenvalue weighted by Gasteiger charge is 2.42. The second-order valence-electron chi connectivity index (χ2n) is 4.31. The molecule has 0 radical (unpaired) electrons. The van der Waals surface area contributed by atoms with Crippen LogP contribution in [-0.4, -0.2) is 23.0 Å². The van der Waals surface area contributed by atoms with Gasteiger partial charge in [-0.2, -0.15) is 0 Å². The highest BCUT2D eigenvalue weighted by atomic mass is 15.3. The monoisotopic (exact) mass is 141 g/mol. The summed E-state index contributed by atoms with van der Waals surface area (Å²) in [5, 5.41) is 0. The van der Waals surface area contributed by atoms with Gasteiger partial charge in [-0.05, 0) is 26.7 Å². The van der Waals surface area contributed by atoms with E-state index in [1.165, 1.54) is 6.54 Å². The summed E-state index contributed by atoms with van der Waals surface area (Å²) in [5.41, 5.74) is 0.416. The van der Waals surface area contributed by atoms with Crippen molar-refractivity contribution >= 4 is 0 Å². The molecule has 0 saturated carbocycles. The average Bonchev–Trinajstić information content (AvgIpc) is 2.46. The minimum atomic E-state index is 0.416. The summed E-state index contributed by atoms with van der Waals surface area (Å²) in [6.07, 6.45) is 0. The first kappa shape index (κ1) is 8.06. The topological polar surface area (TPSA) is 3.01 Å². The maximum absolute atomic E-state index is 2.55. The molecule has 1 heterocycles. The molecular formula is C9H19N. The molecule has 1 aliphatic rings. The molecule has 0 aromatic carbocycles. The van der Waals surface area contributed by atoms with Gasteiger partial charge in [0.2, 0.25) is 0 Å². The summed E-state index contributed by atoms with van der Waals surface area (Å²) < 4.78 is 0. The van der Waals surface area contributed by atoms with Crippen LogP contribution in [0.5, 0.6) is 0 Å². The van der Waals surface area contributed by atoms with Gasteiger partial charge in [-0.25, -0.2) is 0 Å². The molecule has 0 aliphatic carbocycles. The molecule has 0 bridgehead atoms. The fourth-order valence-corrected chi connectivity index (χ4v) is 1.37.